The number of rotatable bonds is 3. The number of nitrogens with one attached hydrogen (secondary N) is 1. The van der Waals surface area contributed by atoms with Crippen LogP contribution in [0.4, 0.5) is 15.3 Å². The third-order valence-corrected chi connectivity index (χ3v) is 4.53. The summed E-state index contributed by atoms with van der Waals surface area (Å²) in [6, 6.07) is 5.74. The van der Waals surface area contributed by atoms with Crippen LogP contribution in [0.2, 0.25) is 0 Å². The van der Waals surface area contributed by atoms with E-state index in [1.807, 2.05) is 18.2 Å². The number of hydrogen-bond donors (Lipinski definition) is 2. The van der Waals surface area contributed by atoms with Crippen LogP contribution in [-0.2, 0) is 22.4 Å². The Morgan fingerprint density at radius 1 is 1.28 bits per heavy atom. The van der Waals surface area contributed by atoms with Crippen LogP contribution in [0, 0.1) is 0 Å². The first-order valence-corrected chi connectivity index (χ1v) is 8.26. The largest absolute Gasteiger partial charge is 0.465 e. The second kappa shape index (κ2) is 7.00. The molecule has 1 fully saturated rings. The Morgan fingerprint density at radius 2 is 2.00 bits per heavy atom. The first-order valence-electron chi connectivity index (χ1n) is 8.26. The molecule has 0 aliphatic carbocycles. The topological polar surface area (TPSA) is 99.2 Å². The Kier molecular flexibility index (Phi) is 4.78. The molecule has 2 aliphatic heterocycles. The number of carboxylic acid groups (broad SMARTS) is 1. The molecule has 3 amide bonds. The molecule has 1 aromatic rings. The van der Waals surface area contributed by atoms with E-state index in [1.165, 1.54) is 11.8 Å². The van der Waals surface area contributed by atoms with E-state index >= 15 is 0 Å². The van der Waals surface area contributed by atoms with Gasteiger partial charge in [-0.25, -0.2) is 9.59 Å². The van der Waals surface area contributed by atoms with Crippen molar-refractivity contribution in [2.45, 2.75) is 25.9 Å². The first-order chi connectivity index (χ1) is 11.9. The summed E-state index contributed by atoms with van der Waals surface area (Å²) in [7, 11) is 0. The summed E-state index contributed by atoms with van der Waals surface area (Å²) in [6.07, 6.45) is -0.434. The van der Waals surface area contributed by atoms with E-state index in [2.05, 4.69) is 5.32 Å². The van der Waals surface area contributed by atoms with E-state index in [1.54, 1.807) is 4.90 Å². The van der Waals surface area contributed by atoms with E-state index in [0.29, 0.717) is 32.5 Å². The minimum absolute atomic E-state index is 0.164. The number of carbonyl (C=O) groups excluding carboxylic acids is 2. The molecule has 0 aromatic heterocycles. The summed E-state index contributed by atoms with van der Waals surface area (Å²) < 4.78 is 5.28. The Balaban J connectivity index is 1.71. The summed E-state index contributed by atoms with van der Waals surface area (Å²) in [5, 5.41) is 11.8. The highest BCUT2D eigenvalue weighted by Crippen LogP contribution is 2.26. The minimum atomic E-state index is -0.906. The molecule has 8 heteroatoms. The molecule has 2 heterocycles. The highest BCUT2D eigenvalue weighted by Gasteiger charge is 2.32. The highest BCUT2D eigenvalue weighted by atomic mass is 16.6. The predicted molar refractivity (Wildman–Crippen MR) is 89.7 cm³/mol. The van der Waals surface area contributed by atoms with Gasteiger partial charge in [0.1, 0.15) is 6.10 Å². The third kappa shape index (κ3) is 3.84. The van der Waals surface area contributed by atoms with E-state index in [0.717, 1.165) is 16.8 Å². The number of cyclic esters (lactones) is 1. The average Bonchev–Trinajstić information content (AvgIpc) is 2.80. The van der Waals surface area contributed by atoms with Crippen LogP contribution in [0.3, 0.4) is 0 Å². The molecule has 3 rings (SSSR count). The molecular formula is C17H21N3O5. The Labute approximate surface area is 145 Å². The van der Waals surface area contributed by atoms with Gasteiger partial charge in [-0.05, 0) is 36.1 Å². The Morgan fingerprint density at radius 3 is 2.68 bits per heavy atom. The van der Waals surface area contributed by atoms with Crippen molar-refractivity contribution in [1.82, 2.24) is 10.2 Å². The molecule has 1 atom stereocenters. The van der Waals surface area contributed by atoms with Gasteiger partial charge < -0.3 is 20.1 Å². The number of anilines is 1. The average molecular weight is 347 g/mol. The molecule has 25 heavy (non-hydrogen) atoms. The smallest absolute Gasteiger partial charge is 0.414 e. The van der Waals surface area contributed by atoms with Crippen molar-refractivity contribution in [3.05, 3.63) is 29.3 Å². The maximum absolute atomic E-state index is 12.1. The summed E-state index contributed by atoms with van der Waals surface area (Å²) >= 11 is 0. The lowest BCUT2D eigenvalue weighted by atomic mass is 10.0. The van der Waals surface area contributed by atoms with Crippen LogP contribution in [-0.4, -0.2) is 60.4 Å². The van der Waals surface area contributed by atoms with Crippen molar-refractivity contribution < 1.29 is 24.2 Å². The number of amides is 3. The zero-order valence-electron chi connectivity index (χ0n) is 14.0. The van der Waals surface area contributed by atoms with Crippen molar-refractivity contribution >= 4 is 23.8 Å². The first kappa shape index (κ1) is 17.1. The number of hydrogen-bond acceptors (Lipinski definition) is 4. The van der Waals surface area contributed by atoms with Crippen LogP contribution in [0.5, 0.6) is 0 Å². The van der Waals surface area contributed by atoms with Crippen molar-refractivity contribution in [3.63, 3.8) is 0 Å². The zero-order valence-corrected chi connectivity index (χ0v) is 14.0. The summed E-state index contributed by atoms with van der Waals surface area (Å²) in [5.41, 5.74) is 2.90. The molecule has 2 N–H and O–H groups in total. The fourth-order valence-corrected chi connectivity index (χ4v) is 3.17. The number of carbonyl (C=O) groups is 3. The highest BCUT2D eigenvalue weighted by molar-refractivity contribution is 5.90. The Bertz CT molecular complexity index is 706. The summed E-state index contributed by atoms with van der Waals surface area (Å²) in [6.45, 7) is 3.00. The molecule has 0 bridgehead atoms. The van der Waals surface area contributed by atoms with Crippen LogP contribution >= 0.6 is 0 Å². The molecule has 0 spiro atoms. The van der Waals surface area contributed by atoms with Gasteiger partial charge in [0.05, 0.1) is 13.1 Å². The molecular weight excluding hydrogens is 326 g/mol. The molecule has 134 valence electrons. The van der Waals surface area contributed by atoms with Crippen LogP contribution in [0.1, 0.15) is 18.1 Å². The lowest BCUT2D eigenvalue weighted by Crippen LogP contribution is -2.33. The molecule has 8 nitrogen and oxygen atoms in total. The van der Waals surface area contributed by atoms with Gasteiger partial charge in [0.15, 0.2) is 0 Å². The fourth-order valence-electron chi connectivity index (χ4n) is 3.17. The maximum Gasteiger partial charge on any atom is 0.414 e. The molecule has 1 saturated heterocycles. The van der Waals surface area contributed by atoms with Crippen molar-refractivity contribution in [2.24, 2.45) is 0 Å². The number of nitrogens with zero attached hydrogens (tertiary/aromatic N) is 2. The summed E-state index contributed by atoms with van der Waals surface area (Å²) in [4.78, 5) is 37.2. The van der Waals surface area contributed by atoms with E-state index < -0.39 is 12.2 Å². The van der Waals surface area contributed by atoms with Crippen molar-refractivity contribution in [1.29, 1.82) is 0 Å². The quantitative estimate of drug-likeness (QED) is 0.857. The van der Waals surface area contributed by atoms with Crippen LogP contribution in [0.25, 0.3) is 0 Å². The van der Waals surface area contributed by atoms with Gasteiger partial charge in [-0.15, -0.1) is 0 Å². The number of benzene rings is 1. The number of fused-ring (bicyclic) bond motifs is 1. The maximum atomic E-state index is 12.1. The molecule has 0 radical (unpaired) electrons. The van der Waals surface area contributed by atoms with Gasteiger partial charge in [0.2, 0.25) is 5.91 Å². The van der Waals surface area contributed by atoms with Gasteiger partial charge in [0, 0.05) is 25.7 Å². The third-order valence-electron chi connectivity index (χ3n) is 4.53. The monoisotopic (exact) mass is 347 g/mol. The second-order valence-electron chi connectivity index (χ2n) is 6.28. The minimum Gasteiger partial charge on any atom is -0.465 e. The van der Waals surface area contributed by atoms with E-state index in [-0.39, 0.29) is 18.6 Å². The van der Waals surface area contributed by atoms with Crippen molar-refractivity contribution in [3.8, 4) is 0 Å². The summed E-state index contributed by atoms with van der Waals surface area (Å²) in [5.74, 6) is -0.164. The van der Waals surface area contributed by atoms with Gasteiger partial charge in [-0.1, -0.05) is 6.07 Å². The van der Waals surface area contributed by atoms with Gasteiger partial charge in [0.25, 0.3) is 0 Å². The van der Waals surface area contributed by atoms with E-state index in [9.17, 15) is 14.4 Å². The SMILES string of the molecule is CC(=O)NC[C@H]1CN(c2ccc3c(c2)CCN(C(=O)O)CC3)C(=O)O1. The van der Waals surface area contributed by atoms with Crippen LogP contribution < -0.4 is 10.2 Å². The zero-order chi connectivity index (χ0) is 18.0. The molecule has 1 aromatic carbocycles. The van der Waals surface area contributed by atoms with Gasteiger partial charge >= 0.3 is 12.2 Å². The van der Waals surface area contributed by atoms with Gasteiger partial charge in [-0.2, -0.15) is 0 Å². The molecule has 0 saturated carbocycles. The second-order valence-corrected chi connectivity index (χ2v) is 6.28. The van der Waals surface area contributed by atoms with E-state index in [4.69, 9.17) is 9.84 Å². The van der Waals surface area contributed by atoms with Gasteiger partial charge in [-0.3, -0.25) is 9.69 Å². The lowest BCUT2D eigenvalue weighted by molar-refractivity contribution is -0.119. The number of ether oxygens (including phenoxy) is 1. The standard InChI is InChI=1S/C17H21N3O5/c1-11(21)18-9-15-10-20(17(24)25-15)14-3-2-12-4-6-19(16(22)23)7-5-13(12)8-14/h2-3,8,15H,4-7,9-10H2,1H3,(H,18,21)(H,22,23)/t15-/m0/s1. The fraction of sp³-hybridized carbons (Fsp3) is 0.471. The van der Waals surface area contributed by atoms with Crippen molar-refractivity contribution in [2.75, 3.05) is 31.1 Å². The normalized spacial score (nSPS) is 19.9. The molecule has 2 aliphatic rings. The van der Waals surface area contributed by atoms with Crippen LogP contribution in [0.15, 0.2) is 18.2 Å². The Hall–Kier alpha value is -2.77. The lowest BCUT2D eigenvalue weighted by Gasteiger charge is -2.16. The molecule has 0 unspecified atom stereocenters. The predicted octanol–water partition coefficient (Wildman–Crippen LogP) is 1.23.